The molecule has 5 rings (SSSR count). The van der Waals surface area contributed by atoms with Gasteiger partial charge in [-0.05, 0) is 54.4 Å². The molecule has 0 N–H and O–H groups in total. The zero-order valence-corrected chi connectivity index (χ0v) is 19.6. The molecule has 34 heavy (non-hydrogen) atoms. The Morgan fingerprint density at radius 2 is 1.76 bits per heavy atom. The number of hydrogen-bond acceptors (Lipinski definition) is 5. The van der Waals surface area contributed by atoms with Crippen LogP contribution in [0.3, 0.4) is 0 Å². The number of carbonyl (C=O) groups excluding carboxylic acids is 1. The van der Waals surface area contributed by atoms with E-state index in [1.807, 2.05) is 48.0 Å². The zero-order chi connectivity index (χ0) is 23.7. The summed E-state index contributed by atoms with van der Waals surface area (Å²) in [6, 6.07) is 14.6. The summed E-state index contributed by atoms with van der Waals surface area (Å²) < 4.78 is 30.2. The predicted molar refractivity (Wildman–Crippen MR) is 129 cm³/mol. The molecule has 1 saturated heterocycles. The standard InChI is InChI=1S/C25H25N5O3S/c1-19-16-21-4-2-6-23(24(21)27-17-19)34(32,33)30-14-12-28(13-15-30)25(31)22-5-3-11-29(22)18-20-7-9-26-10-8-20/h2-11,16-17H,12-15,18H2,1H3. The number of para-hydroxylation sites is 1. The lowest BCUT2D eigenvalue weighted by atomic mass is 10.2. The second kappa shape index (κ2) is 9.00. The van der Waals surface area contributed by atoms with Crippen molar-refractivity contribution in [2.75, 3.05) is 26.2 Å². The molecule has 4 aromatic rings. The van der Waals surface area contributed by atoms with Crippen molar-refractivity contribution in [1.82, 2.24) is 23.7 Å². The highest BCUT2D eigenvalue weighted by Crippen LogP contribution is 2.26. The summed E-state index contributed by atoms with van der Waals surface area (Å²) in [7, 11) is -3.73. The molecule has 1 aliphatic heterocycles. The van der Waals surface area contributed by atoms with E-state index in [4.69, 9.17) is 0 Å². The van der Waals surface area contributed by atoms with Crippen molar-refractivity contribution in [3.8, 4) is 0 Å². The summed E-state index contributed by atoms with van der Waals surface area (Å²) in [6.07, 6.45) is 7.02. The van der Waals surface area contributed by atoms with Crippen LogP contribution in [0.5, 0.6) is 0 Å². The van der Waals surface area contributed by atoms with Gasteiger partial charge in [0.2, 0.25) is 10.0 Å². The van der Waals surface area contributed by atoms with Crippen LogP contribution in [0, 0.1) is 6.92 Å². The minimum absolute atomic E-state index is 0.0987. The van der Waals surface area contributed by atoms with Crippen LogP contribution in [-0.4, -0.2) is 64.2 Å². The molecule has 1 fully saturated rings. The second-order valence-corrected chi connectivity index (χ2v) is 10.3. The van der Waals surface area contributed by atoms with Gasteiger partial charge in [0.1, 0.15) is 10.6 Å². The Bertz CT molecular complexity index is 1440. The van der Waals surface area contributed by atoms with Gasteiger partial charge >= 0.3 is 0 Å². The van der Waals surface area contributed by atoms with Gasteiger partial charge < -0.3 is 9.47 Å². The van der Waals surface area contributed by atoms with Crippen LogP contribution in [0.2, 0.25) is 0 Å². The molecule has 0 radical (unpaired) electrons. The van der Waals surface area contributed by atoms with Crippen LogP contribution in [0.25, 0.3) is 10.9 Å². The molecule has 1 aromatic carbocycles. The van der Waals surface area contributed by atoms with Crippen molar-refractivity contribution in [2.45, 2.75) is 18.4 Å². The Morgan fingerprint density at radius 1 is 1.00 bits per heavy atom. The van der Waals surface area contributed by atoms with Crippen LogP contribution in [-0.2, 0) is 16.6 Å². The maximum atomic E-state index is 13.4. The van der Waals surface area contributed by atoms with Gasteiger partial charge in [0, 0.05) is 62.9 Å². The quantitative estimate of drug-likeness (QED) is 0.443. The van der Waals surface area contributed by atoms with E-state index in [0.717, 1.165) is 16.5 Å². The number of benzene rings is 1. The van der Waals surface area contributed by atoms with Gasteiger partial charge in [0.25, 0.3) is 5.91 Å². The molecule has 0 bridgehead atoms. The highest BCUT2D eigenvalue weighted by atomic mass is 32.2. The van der Waals surface area contributed by atoms with E-state index in [9.17, 15) is 13.2 Å². The Labute approximate surface area is 198 Å². The number of carbonyl (C=O) groups is 1. The highest BCUT2D eigenvalue weighted by Gasteiger charge is 2.32. The maximum absolute atomic E-state index is 13.4. The molecular weight excluding hydrogens is 450 g/mol. The van der Waals surface area contributed by atoms with E-state index in [-0.39, 0.29) is 23.9 Å². The Morgan fingerprint density at radius 3 is 2.53 bits per heavy atom. The summed E-state index contributed by atoms with van der Waals surface area (Å²) in [5.41, 5.74) is 3.08. The maximum Gasteiger partial charge on any atom is 0.270 e. The lowest BCUT2D eigenvalue weighted by Crippen LogP contribution is -2.50. The zero-order valence-electron chi connectivity index (χ0n) is 18.8. The van der Waals surface area contributed by atoms with Crippen molar-refractivity contribution in [1.29, 1.82) is 0 Å². The number of aryl methyl sites for hydroxylation is 1. The summed E-state index contributed by atoms with van der Waals surface area (Å²) in [4.78, 5) is 23.6. The molecule has 174 valence electrons. The Kier molecular flexibility index (Phi) is 5.89. The van der Waals surface area contributed by atoms with Gasteiger partial charge in [0.05, 0.1) is 5.52 Å². The van der Waals surface area contributed by atoms with Crippen molar-refractivity contribution >= 4 is 26.8 Å². The third-order valence-electron chi connectivity index (χ3n) is 6.11. The third-order valence-corrected chi connectivity index (χ3v) is 8.04. The SMILES string of the molecule is Cc1cnc2c(S(=O)(=O)N3CCN(C(=O)c4cccn4Cc4ccncc4)CC3)cccc2c1. The van der Waals surface area contributed by atoms with Crippen molar-refractivity contribution in [3.05, 3.63) is 90.1 Å². The minimum atomic E-state index is -3.73. The average molecular weight is 476 g/mol. The van der Waals surface area contributed by atoms with Crippen LogP contribution in [0.15, 0.2) is 78.2 Å². The van der Waals surface area contributed by atoms with Gasteiger partial charge in [-0.15, -0.1) is 0 Å². The monoisotopic (exact) mass is 475 g/mol. The number of piperazine rings is 1. The average Bonchev–Trinajstić information content (AvgIpc) is 3.31. The van der Waals surface area contributed by atoms with Gasteiger partial charge in [-0.1, -0.05) is 12.1 Å². The smallest absolute Gasteiger partial charge is 0.270 e. The Balaban J connectivity index is 1.31. The molecule has 9 heteroatoms. The molecule has 1 amide bonds. The summed E-state index contributed by atoms with van der Waals surface area (Å²) in [5, 5.41) is 0.796. The highest BCUT2D eigenvalue weighted by molar-refractivity contribution is 7.89. The van der Waals surface area contributed by atoms with Crippen LogP contribution >= 0.6 is 0 Å². The number of nitrogens with zero attached hydrogens (tertiary/aromatic N) is 5. The van der Waals surface area contributed by atoms with E-state index in [0.29, 0.717) is 30.8 Å². The number of pyridine rings is 2. The van der Waals surface area contributed by atoms with E-state index in [1.165, 1.54) is 4.31 Å². The first kappa shape index (κ1) is 22.2. The van der Waals surface area contributed by atoms with Crippen molar-refractivity contribution in [2.24, 2.45) is 0 Å². The Hall–Kier alpha value is -3.56. The van der Waals surface area contributed by atoms with E-state index in [1.54, 1.807) is 41.7 Å². The second-order valence-electron chi connectivity index (χ2n) is 8.41. The number of aromatic nitrogens is 3. The van der Waals surface area contributed by atoms with Gasteiger partial charge in [-0.2, -0.15) is 4.31 Å². The summed E-state index contributed by atoms with van der Waals surface area (Å²) >= 11 is 0. The van der Waals surface area contributed by atoms with Crippen LogP contribution in [0.4, 0.5) is 0 Å². The lowest BCUT2D eigenvalue weighted by Gasteiger charge is -2.34. The summed E-state index contributed by atoms with van der Waals surface area (Å²) in [5.74, 6) is -0.0987. The number of rotatable bonds is 5. The van der Waals surface area contributed by atoms with Gasteiger partial charge in [-0.25, -0.2) is 8.42 Å². The molecule has 0 atom stereocenters. The van der Waals surface area contributed by atoms with E-state index in [2.05, 4.69) is 9.97 Å². The molecule has 0 saturated carbocycles. The molecule has 1 aliphatic rings. The van der Waals surface area contributed by atoms with E-state index >= 15 is 0 Å². The van der Waals surface area contributed by atoms with Crippen LogP contribution in [0.1, 0.15) is 21.6 Å². The van der Waals surface area contributed by atoms with Gasteiger partial charge in [0.15, 0.2) is 0 Å². The largest absolute Gasteiger partial charge is 0.339 e. The topological polar surface area (TPSA) is 88.4 Å². The minimum Gasteiger partial charge on any atom is -0.339 e. The normalized spacial score (nSPS) is 15.0. The number of amides is 1. The lowest BCUT2D eigenvalue weighted by molar-refractivity contribution is 0.0687. The first-order valence-electron chi connectivity index (χ1n) is 11.1. The molecule has 0 unspecified atom stereocenters. The van der Waals surface area contributed by atoms with Crippen molar-refractivity contribution < 1.29 is 13.2 Å². The first-order valence-corrected chi connectivity index (χ1v) is 12.6. The molecule has 4 heterocycles. The fourth-order valence-corrected chi connectivity index (χ4v) is 5.90. The fraction of sp³-hybridized carbons (Fsp3) is 0.240. The number of fused-ring (bicyclic) bond motifs is 1. The van der Waals surface area contributed by atoms with Crippen molar-refractivity contribution in [3.63, 3.8) is 0 Å². The van der Waals surface area contributed by atoms with Gasteiger partial charge in [-0.3, -0.25) is 14.8 Å². The predicted octanol–water partition coefficient (Wildman–Crippen LogP) is 2.93. The molecule has 0 spiro atoms. The summed E-state index contributed by atoms with van der Waals surface area (Å²) in [6.45, 7) is 3.63. The van der Waals surface area contributed by atoms with Crippen LogP contribution < -0.4 is 0 Å². The number of hydrogen-bond donors (Lipinski definition) is 0. The third kappa shape index (κ3) is 4.20. The molecule has 0 aliphatic carbocycles. The number of sulfonamides is 1. The molecule has 3 aromatic heterocycles. The molecule has 8 nitrogen and oxygen atoms in total. The fourth-order valence-electron chi connectivity index (χ4n) is 4.31. The molecular formula is C25H25N5O3S. The first-order chi connectivity index (χ1) is 16.4. The van der Waals surface area contributed by atoms with E-state index < -0.39 is 10.0 Å².